The van der Waals surface area contributed by atoms with Crippen LogP contribution >= 0.6 is 35.6 Å². The fourth-order valence-corrected chi connectivity index (χ4v) is 3.70. The fraction of sp³-hybridized carbons (Fsp3) is 0.476. The van der Waals surface area contributed by atoms with E-state index in [4.69, 9.17) is 26.1 Å². The zero-order valence-corrected chi connectivity index (χ0v) is 21.9. The molecule has 32 heavy (non-hydrogen) atoms. The fourth-order valence-electron chi connectivity index (χ4n) is 3.42. The van der Waals surface area contributed by atoms with Gasteiger partial charge in [-0.1, -0.05) is 11.6 Å². The number of guanidine groups is 1. The molecule has 2 heterocycles. The molecule has 0 aliphatic carbocycles. The van der Waals surface area contributed by atoms with Crippen molar-refractivity contribution in [3.63, 3.8) is 0 Å². The Kier molecular flexibility index (Phi) is 9.88. The van der Waals surface area contributed by atoms with Crippen molar-refractivity contribution in [3.05, 3.63) is 35.1 Å². The number of nitrogens with one attached hydrogen (secondary N) is 1. The lowest BCUT2D eigenvalue weighted by molar-refractivity contribution is -0.120. The van der Waals surface area contributed by atoms with Crippen LogP contribution in [0.5, 0.6) is 11.5 Å². The monoisotopic (exact) mass is 576 g/mol. The van der Waals surface area contributed by atoms with Gasteiger partial charge in [0, 0.05) is 32.9 Å². The first kappa shape index (κ1) is 26.0. The molecule has 0 unspecified atom stereocenters. The minimum Gasteiger partial charge on any atom is -0.493 e. The molecule has 0 bridgehead atoms. The second kappa shape index (κ2) is 12.1. The maximum atomic E-state index is 12.7. The largest absolute Gasteiger partial charge is 0.493 e. The van der Waals surface area contributed by atoms with E-state index < -0.39 is 0 Å². The van der Waals surface area contributed by atoms with Gasteiger partial charge in [0.15, 0.2) is 17.5 Å². The summed E-state index contributed by atoms with van der Waals surface area (Å²) in [5, 5.41) is 7.91. The smallest absolute Gasteiger partial charge is 0.246 e. The number of rotatable bonds is 7. The summed E-state index contributed by atoms with van der Waals surface area (Å²) in [6, 6.07) is 3.70. The van der Waals surface area contributed by atoms with E-state index in [1.807, 2.05) is 44.1 Å². The van der Waals surface area contributed by atoms with Gasteiger partial charge in [0.05, 0.1) is 37.2 Å². The van der Waals surface area contributed by atoms with Crippen LogP contribution in [0, 0.1) is 0 Å². The maximum Gasteiger partial charge on any atom is 0.246 e. The highest BCUT2D eigenvalue weighted by atomic mass is 127. The van der Waals surface area contributed by atoms with Crippen LogP contribution in [0.1, 0.15) is 19.4 Å². The third-order valence-electron chi connectivity index (χ3n) is 4.85. The molecule has 1 fully saturated rings. The minimum atomic E-state index is 0. The summed E-state index contributed by atoms with van der Waals surface area (Å²) in [6.45, 7) is 6.96. The van der Waals surface area contributed by atoms with Gasteiger partial charge in [0.1, 0.15) is 6.54 Å². The lowest BCUT2D eigenvalue weighted by Gasteiger charge is -2.35. The first-order valence-electron chi connectivity index (χ1n) is 10.3. The first-order valence-corrected chi connectivity index (χ1v) is 10.7. The summed E-state index contributed by atoms with van der Waals surface area (Å²) in [5.74, 6) is 1.80. The molecule has 1 aliphatic rings. The molecule has 176 valence electrons. The molecule has 1 aromatic carbocycles. The summed E-state index contributed by atoms with van der Waals surface area (Å²) in [6.07, 6.45) is 3.55. The SMILES string of the molecule is CCNC(=NCc1cc(Cl)c(OCC)c(OC)c1)N1CCN(c2cnn(C)c2)C(=O)C1.I. The zero-order chi connectivity index (χ0) is 22.4. The summed E-state index contributed by atoms with van der Waals surface area (Å²) in [5.41, 5.74) is 1.70. The van der Waals surface area contributed by atoms with Gasteiger partial charge in [-0.25, -0.2) is 4.99 Å². The first-order chi connectivity index (χ1) is 15.0. The van der Waals surface area contributed by atoms with Crippen molar-refractivity contribution in [2.24, 2.45) is 12.0 Å². The lowest BCUT2D eigenvalue weighted by Crippen LogP contribution is -2.55. The third-order valence-corrected chi connectivity index (χ3v) is 5.13. The van der Waals surface area contributed by atoms with Crippen LogP contribution in [0.2, 0.25) is 5.02 Å². The van der Waals surface area contributed by atoms with Gasteiger partial charge in [0.2, 0.25) is 5.91 Å². The minimum absolute atomic E-state index is 0. The molecule has 1 saturated heterocycles. The van der Waals surface area contributed by atoms with Crippen LogP contribution in [-0.4, -0.2) is 66.4 Å². The molecule has 1 N–H and O–H groups in total. The summed E-state index contributed by atoms with van der Waals surface area (Å²) in [7, 11) is 3.42. The predicted octanol–water partition coefficient (Wildman–Crippen LogP) is 2.91. The van der Waals surface area contributed by atoms with Crippen LogP contribution in [0.15, 0.2) is 29.5 Å². The Balaban J connectivity index is 0.00000363. The van der Waals surface area contributed by atoms with Gasteiger partial charge in [-0.2, -0.15) is 5.10 Å². The number of methoxy groups -OCH3 is 1. The van der Waals surface area contributed by atoms with E-state index in [9.17, 15) is 4.79 Å². The highest BCUT2D eigenvalue weighted by molar-refractivity contribution is 14.0. The number of anilines is 1. The van der Waals surface area contributed by atoms with Crippen molar-refractivity contribution >= 4 is 53.1 Å². The number of aliphatic imine (C=N–C) groups is 1. The number of aromatic nitrogens is 2. The Bertz CT molecular complexity index is 952. The van der Waals surface area contributed by atoms with E-state index in [1.165, 1.54) is 0 Å². The summed E-state index contributed by atoms with van der Waals surface area (Å²) < 4.78 is 12.7. The number of halogens is 2. The van der Waals surface area contributed by atoms with Gasteiger partial charge >= 0.3 is 0 Å². The topological polar surface area (TPSA) is 84.2 Å². The lowest BCUT2D eigenvalue weighted by atomic mass is 10.2. The van der Waals surface area contributed by atoms with Gasteiger partial charge in [-0.15, -0.1) is 24.0 Å². The van der Waals surface area contributed by atoms with Gasteiger partial charge in [-0.05, 0) is 31.5 Å². The van der Waals surface area contributed by atoms with Crippen molar-refractivity contribution in [1.29, 1.82) is 0 Å². The Morgan fingerprint density at radius 3 is 2.69 bits per heavy atom. The maximum absolute atomic E-state index is 12.7. The Morgan fingerprint density at radius 2 is 2.09 bits per heavy atom. The molecule has 0 radical (unpaired) electrons. The standard InChI is InChI=1S/C21H29ClN6O3.HI/c1-5-23-21(24-11-15-9-17(22)20(31-6-2)18(10-15)30-4)27-7-8-28(19(29)14-27)16-12-25-26(3)13-16;/h9-10,12-13H,5-8,11,14H2,1-4H3,(H,23,24);1H. The molecule has 3 rings (SSSR count). The number of carbonyl (C=O) groups is 1. The van der Waals surface area contributed by atoms with Crippen molar-refractivity contribution < 1.29 is 14.3 Å². The average molecular weight is 577 g/mol. The van der Waals surface area contributed by atoms with E-state index in [0.717, 1.165) is 11.3 Å². The van der Waals surface area contributed by atoms with Crippen LogP contribution in [0.25, 0.3) is 0 Å². The molecule has 1 amide bonds. The van der Waals surface area contributed by atoms with Crippen molar-refractivity contribution in [2.45, 2.75) is 20.4 Å². The molecule has 11 heteroatoms. The van der Waals surface area contributed by atoms with E-state index in [0.29, 0.717) is 55.3 Å². The molecule has 2 aromatic rings. The molecule has 1 aromatic heterocycles. The number of hydrogen-bond donors (Lipinski definition) is 1. The molecule has 9 nitrogen and oxygen atoms in total. The Labute approximate surface area is 210 Å². The quantitative estimate of drug-likeness (QED) is 0.310. The van der Waals surface area contributed by atoms with Crippen LogP contribution in [0.4, 0.5) is 5.69 Å². The van der Waals surface area contributed by atoms with Crippen LogP contribution in [0.3, 0.4) is 0 Å². The second-order valence-electron chi connectivity index (χ2n) is 7.05. The highest BCUT2D eigenvalue weighted by Gasteiger charge is 2.27. The van der Waals surface area contributed by atoms with Gasteiger partial charge < -0.3 is 24.6 Å². The number of piperazine rings is 1. The zero-order valence-electron chi connectivity index (χ0n) is 18.8. The molecule has 1 aliphatic heterocycles. The Hall–Kier alpha value is -2.21. The number of ether oxygens (including phenoxy) is 2. The highest BCUT2D eigenvalue weighted by Crippen LogP contribution is 2.36. The van der Waals surface area contributed by atoms with Gasteiger partial charge in [0.25, 0.3) is 0 Å². The summed E-state index contributed by atoms with van der Waals surface area (Å²) in [4.78, 5) is 21.2. The molecular weight excluding hydrogens is 547 g/mol. The second-order valence-corrected chi connectivity index (χ2v) is 7.46. The number of carbonyl (C=O) groups excluding carboxylic acids is 1. The van der Waals surface area contributed by atoms with E-state index >= 15 is 0 Å². The molecular formula is C21H30ClIN6O3. The molecule has 0 atom stereocenters. The van der Waals surface area contributed by atoms with Crippen molar-refractivity contribution in [3.8, 4) is 11.5 Å². The van der Waals surface area contributed by atoms with E-state index in [-0.39, 0.29) is 36.4 Å². The van der Waals surface area contributed by atoms with Crippen LogP contribution < -0.4 is 19.7 Å². The number of amides is 1. The number of nitrogens with zero attached hydrogens (tertiary/aromatic N) is 5. The number of hydrogen-bond acceptors (Lipinski definition) is 5. The van der Waals surface area contributed by atoms with Crippen molar-refractivity contribution in [1.82, 2.24) is 20.0 Å². The molecule has 0 saturated carbocycles. The van der Waals surface area contributed by atoms with Crippen molar-refractivity contribution in [2.75, 3.05) is 44.8 Å². The van der Waals surface area contributed by atoms with E-state index in [1.54, 1.807) is 22.9 Å². The van der Waals surface area contributed by atoms with E-state index in [2.05, 4.69) is 10.4 Å². The molecule has 0 spiro atoms. The average Bonchev–Trinajstić information content (AvgIpc) is 3.18. The summed E-state index contributed by atoms with van der Waals surface area (Å²) >= 11 is 6.38. The van der Waals surface area contributed by atoms with Crippen LogP contribution in [-0.2, 0) is 18.4 Å². The Morgan fingerprint density at radius 1 is 1.31 bits per heavy atom. The normalized spacial score (nSPS) is 14.3. The number of aryl methyl sites for hydroxylation is 1. The third kappa shape index (κ3) is 6.18. The number of benzene rings is 1. The van der Waals surface area contributed by atoms with Gasteiger partial charge in [-0.3, -0.25) is 9.48 Å². The predicted molar refractivity (Wildman–Crippen MR) is 137 cm³/mol.